The summed E-state index contributed by atoms with van der Waals surface area (Å²) in [5.74, 6) is -12.6. The van der Waals surface area contributed by atoms with Gasteiger partial charge in [0.2, 0.25) is 5.91 Å². The third-order valence-corrected chi connectivity index (χ3v) is 9.01. The molecule has 1 amide bonds. The number of benzene rings is 1. The van der Waals surface area contributed by atoms with Crippen molar-refractivity contribution in [3.63, 3.8) is 0 Å². The van der Waals surface area contributed by atoms with Gasteiger partial charge in [-0.15, -0.1) is 0 Å². The van der Waals surface area contributed by atoms with E-state index < -0.39 is 81.5 Å². The zero-order valence-corrected chi connectivity index (χ0v) is 23.2. The lowest BCUT2D eigenvalue weighted by Gasteiger charge is -2.52. The van der Waals surface area contributed by atoms with Crippen LogP contribution in [0.25, 0.3) is 0 Å². The van der Waals surface area contributed by atoms with Crippen molar-refractivity contribution < 1.29 is 43.7 Å². The summed E-state index contributed by atoms with van der Waals surface area (Å²) in [6.07, 6.45) is -0.315. The number of aliphatic hydroxyl groups excluding tert-OH is 1. The number of nitrogens with zero attached hydrogens (tertiary/aromatic N) is 2. The average molecular weight is 562 g/mol. The number of rotatable bonds is 7. The first-order valence-electron chi connectivity index (χ1n) is 13.3. The topological polar surface area (TPSA) is 179 Å². The number of likely N-dealkylation sites (N-methyl/N-ethyl adjacent to an activating group) is 2. The molecule has 1 aromatic rings. The lowest BCUT2D eigenvalue weighted by molar-refractivity contribution is -0.181. The Hall–Kier alpha value is -3.06. The second-order valence-electron chi connectivity index (χ2n) is 11.9. The Morgan fingerprint density at radius 2 is 1.80 bits per heavy atom. The number of halogens is 1. The van der Waals surface area contributed by atoms with Gasteiger partial charge in [-0.2, -0.15) is 0 Å². The number of ketones is 4. The van der Waals surface area contributed by atoms with Crippen LogP contribution in [-0.2, 0) is 32.1 Å². The summed E-state index contributed by atoms with van der Waals surface area (Å²) >= 11 is 0. The molecule has 3 aliphatic carbocycles. The molecule has 4 rings (SSSR count). The van der Waals surface area contributed by atoms with Gasteiger partial charge in [0, 0.05) is 29.6 Å². The molecule has 0 aliphatic heterocycles. The molecule has 12 heteroatoms. The number of aromatic hydroxyl groups is 1. The van der Waals surface area contributed by atoms with Crippen molar-refractivity contribution >= 4 is 29.0 Å². The van der Waals surface area contributed by atoms with Gasteiger partial charge in [0.15, 0.2) is 34.7 Å². The molecule has 218 valence electrons. The van der Waals surface area contributed by atoms with Gasteiger partial charge in [-0.1, -0.05) is 13.8 Å². The quantitative estimate of drug-likeness (QED) is 0.316. The van der Waals surface area contributed by atoms with E-state index in [-0.39, 0.29) is 49.1 Å². The van der Waals surface area contributed by atoms with Crippen LogP contribution in [0, 0.1) is 35.4 Å². The van der Waals surface area contributed by atoms with E-state index >= 15 is 4.39 Å². The molecule has 1 aromatic carbocycles. The fourth-order valence-corrected chi connectivity index (χ4v) is 7.07. The molecular weight excluding hydrogens is 525 g/mol. The SMILES string of the molecule is CC(C)[C@@H](CO)N(C)Cc1cc(O)c2c(c1F)C[C@H]1C[C@H]3[C@H](N(C)C)C(=O)C(C(N)=O)C(=O)[C@@]3(O)C(=O)C1C2=O. The zero-order chi connectivity index (χ0) is 30.0. The van der Waals surface area contributed by atoms with E-state index in [4.69, 9.17) is 5.73 Å². The van der Waals surface area contributed by atoms with E-state index in [9.17, 15) is 39.3 Å². The molecule has 0 bridgehead atoms. The van der Waals surface area contributed by atoms with Crippen LogP contribution < -0.4 is 5.73 Å². The number of carbonyl (C=O) groups excluding carboxylic acids is 5. The van der Waals surface area contributed by atoms with E-state index in [1.165, 1.54) is 19.0 Å². The molecule has 2 saturated carbocycles. The number of carbonyl (C=O) groups is 5. The fraction of sp³-hybridized carbons (Fsp3) is 0.607. The van der Waals surface area contributed by atoms with E-state index in [0.29, 0.717) is 0 Å². The zero-order valence-electron chi connectivity index (χ0n) is 23.2. The van der Waals surface area contributed by atoms with Crippen LogP contribution in [-0.4, -0.2) is 99.6 Å². The van der Waals surface area contributed by atoms with E-state index in [1.54, 1.807) is 11.9 Å². The predicted molar refractivity (Wildman–Crippen MR) is 138 cm³/mol. The van der Waals surface area contributed by atoms with Gasteiger partial charge in [0.05, 0.1) is 24.1 Å². The lowest BCUT2D eigenvalue weighted by atomic mass is 9.52. The number of nitrogens with two attached hydrogens (primary N) is 1. The first-order valence-corrected chi connectivity index (χ1v) is 13.3. The smallest absolute Gasteiger partial charge is 0.235 e. The second kappa shape index (κ2) is 10.4. The molecule has 0 spiro atoms. The first kappa shape index (κ1) is 29.9. The Labute approximate surface area is 231 Å². The van der Waals surface area contributed by atoms with Crippen molar-refractivity contribution in [1.29, 1.82) is 0 Å². The summed E-state index contributed by atoms with van der Waals surface area (Å²) in [4.78, 5) is 69.0. The van der Waals surface area contributed by atoms with Gasteiger partial charge in [-0.25, -0.2) is 4.39 Å². The maximum Gasteiger partial charge on any atom is 0.235 e. The minimum absolute atomic E-state index is 0.0277. The summed E-state index contributed by atoms with van der Waals surface area (Å²) < 4.78 is 15.9. The molecule has 40 heavy (non-hydrogen) atoms. The highest BCUT2D eigenvalue weighted by atomic mass is 19.1. The lowest BCUT2D eigenvalue weighted by Crippen LogP contribution is -2.74. The van der Waals surface area contributed by atoms with Crippen molar-refractivity contribution in [2.75, 3.05) is 27.7 Å². The molecule has 2 unspecified atom stereocenters. The normalized spacial score (nSPS) is 30.9. The summed E-state index contributed by atoms with van der Waals surface area (Å²) in [5, 5.41) is 32.2. The fourth-order valence-electron chi connectivity index (χ4n) is 7.07. The number of primary amides is 1. The number of Topliss-reactive ketones (excluding diaryl/α,β-unsaturated/α-hetero) is 4. The third-order valence-electron chi connectivity index (χ3n) is 9.01. The van der Waals surface area contributed by atoms with Crippen LogP contribution in [0.2, 0.25) is 0 Å². The van der Waals surface area contributed by atoms with Crippen LogP contribution in [0.1, 0.15) is 41.8 Å². The summed E-state index contributed by atoms with van der Waals surface area (Å²) in [5.41, 5.74) is 2.10. The Kier molecular flexibility index (Phi) is 7.78. The second-order valence-corrected chi connectivity index (χ2v) is 11.9. The van der Waals surface area contributed by atoms with Crippen molar-refractivity contribution in [2.24, 2.45) is 35.3 Å². The minimum Gasteiger partial charge on any atom is -0.507 e. The van der Waals surface area contributed by atoms with E-state index in [2.05, 4.69) is 0 Å². The molecular formula is C28H36FN3O8. The van der Waals surface area contributed by atoms with Crippen molar-refractivity contribution in [3.8, 4) is 5.75 Å². The van der Waals surface area contributed by atoms with Gasteiger partial charge in [-0.3, -0.25) is 33.8 Å². The Morgan fingerprint density at radius 3 is 2.33 bits per heavy atom. The minimum atomic E-state index is -2.83. The molecule has 0 heterocycles. The molecule has 3 aliphatic rings. The molecule has 2 fully saturated rings. The van der Waals surface area contributed by atoms with Crippen LogP contribution in [0.4, 0.5) is 4.39 Å². The summed E-state index contributed by atoms with van der Waals surface area (Å²) in [6.45, 7) is 3.68. The molecule has 5 N–H and O–H groups in total. The summed E-state index contributed by atoms with van der Waals surface area (Å²) in [7, 11) is 4.69. The highest BCUT2D eigenvalue weighted by Gasteiger charge is 2.69. The number of hydrogen-bond acceptors (Lipinski definition) is 10. The Morgan fingerprint density at radius 1 is 1.18 bits per heavy atom. The molecule has 0 saturated heterocycles. The molecule has 7 atom stereocenters. The molecule has 0 aromatic heterocycles. The maximum atomic E-state index is 15.9. The van der Waals surface area contributed by atoms with Crippen LogP contribution in [0.15, 0.2) is 6.07 Å². The number of fused-ring (bicyclic) bond motifs is 3. The standard InChI is InChI=1S/C28H36FN3O8/c1-11(2)16(10-33)32(5)9-13-8-17(34)19-14(21(13)29)6-12-7-15-22(31(3)4)24(36)20(27(30)39)26(38)28(15,40)25(37)18(12)23(19)35/h8,11-12,15-16,18,20,22,33-34,40H,6-7,9-10H2,1-5H3,(H2,30,39)/t12-,15-,16+,18?,20?,22-,28-/m0/s1. The highest BCUT2D eigenvalue weighted by Crippen LogP contribution is 2.51. The first-order chi connectivity index (χ1) is 18.6. The van der Waals surface area contributed by atoms with Gasteiger partial charge in [0.25, 0.3) is 0 Å². The largest absolute Gasteiger partial charge is 0.507 e. The van der Waals surface area contributed by atoms with Gasteiger partial charge >= 0.3 is 0 Å². The van der Waals surface area contributed by atoms with Crippen molar-refractivity contribution in [1.82, 2.24) is 9.80 Å². The molecule has 11 nitrogen and oxygen atoms in total. The van der Waals surface area contributed by atoms with Crippen LogP contribution in [0.3, 0.4) is 0 Å². The van der Waals surface area contributed by atoms with Crippen molar-refractivity contribution in [3.05, 3.63) is 28.6 Å². The number of phenols is 1. The van der Waals surface area contributed by atoms with E-state index in [1.807, 2.05) is 13.8 Å². The number of amides is 1. The van der Waals surface area contributed by atoms with Crippen molar-refractivity contribution in [2.45, 2.75) is 50.9 Å². The predicted octanol–water partition coefficient (Wildman–Crippen LogP) is -0.545. The number of phenolic OH excluding ortho intramolecular Hbond substituents is 1. The number of aliphatic hydroxyl groups is 2. The monoisotopic (exact) mass is 561 g/mol. The highest BCUT2D eigenvalue weighted by molar-refractivity contribution is 6.32. The van der Waals surface area contributed by atoms with Gasteiger partial charge in [0.1, 0.15) is 11.6 Å². The Bertz CT molecular complexity index is 1300. The molecule has 0 radical (unpaired) electrons. The Balaban J connectivity index is 1.79. The van der Waals surface area contributed by atoms with E-state index in [0.717, 1.165) is 6.07 Å². The summed E-state index contributed by atoms with van der Waals surface area (Å²) in [6, 6.07) is -0.407. The third kappa shape index (κ3) is 4.28. The average Bonchev–Trinajstić information content (AvgIpc) is 2.84. The van der Waals surface area contributed by atoms with Crippen LogP contribution in [0.5, 0.6) is 5.75 Å². The number of hydrogen-bond donors (Lipinski definition) is 4. The maximum absolute atomic E-state index is 15.9. The van der Waals surface area contributed by atoms with Gasteiger partial charge in [-0.05, 0) is 51.9 Å². The van der Waals surface area contributed by atoms with Crippen LogP contribution >= 0.6 is 0 Å². The van der Waals surface area contributed by atoms with Gasteiger partial charge < -0.3 is 21.1 Å².